The summed E-state index contributed by atoms with van der Waals surface area (Å²) in [6, 6.07) is 22.5. The zero-order valence-electron chi connectivity index (χ0n) is 20.9. The van der Waals surface area contributed by atoms with Gasteiger partial charge in [0.05, 0.1) is 29.0 Å². The lowest BCUT2D eigenvalue weighted by atomic mass is 9.95. The zero-order chi connectivity index (χ0) is 26.6. The number of thiazole rings is 1. The van der Waals surface area contributed by atoms with Gasteiger partial charge in [0.25, 0.3) is 5.56 Å². The molecule has 0 spiro atoms. The Bertz CT molecular complexity index is 1710. The van der Waals surface area contributed by atoms with E-state index in [2.05, 4.69) is 4.99 Å². The molecule has 192 valence electrons. The normalized spacial score (nSPS) is 15.1. The maximum atomic E-state index is 14.0. The van der Waals surface area contributed by atoms with Crippen LogP contribution < -0.4 is 19.6 Å². The number of methoxy groups -OCH3 is 1. The van der Waals surface area contributed by atoms with Crippen molar-refractivity contribution in [2.24, 2.45) is 4.99 Å². The summed E-state index contributed by atoms with van der Waals surface area (Å²) < 4.78 is 26.9. The topological polar surface area (TPSA) is 69.9 Å². The fourth-order valence-electron chi connectivity index (χ4n) is 4.44. The van der Waals surface area contributed by atoms with Gasteiger partial charge in [-0.3, -0.25) is 9.36 Å². The molecule has 2 heterocycles. The molecule has 38 heavy (non-hydrogen) atoms. The Kier molecular flexibility index (Phi) is 7.33. The summed E-state index contributed by atoms with van der Waals surface area (Å²) in [6.45, 7) is 2.01. The van der Waals surface area contributed by atoms with Crippen LogP contribution in [-0.2, 0) is 16.1 Å². The second kappa shape index (κ2) is 11.0. The maximum absolute atomic E-state index is 14.0. The molecule has 0 amide bonds. The number of hydrogen-bond donors (Lipinski definition) is 0. The van der Waals surface area contributed by atoms with Crippen LogP contribution in [0, 0.1) is 5.82 Å². The quantitative estimate of drug-likeness (QED) is 0.331. The summed E-state index contributed by atoms with van der Waals surface area (Å²) in [5, 5.41) is 0. The molecule has 0 fully saturated rings. The van der Waals surface area contributed by atoms with Gasteiger partial charge in [-0.2, -0.15) is 0 Å². The number of fused-ring (bicyclic) bond motifs is 1. The van der Waals surface area contributed by atoms with Crippen LogP contribution in [0.2, 0.25) is 0 Å². The molecule has 0 unspecified atom stereocenters. The van der Waals surface area contributed by atoms with Crippen LogP contribution in [0.3, 0.4) is 0 Å². The lowest BCUT2D eigenvalue weighted by molar-refractivity contribution is -0.136. The van der Waals surface area contributed by atoms with E-state index in [0.29, 0.717) is 38.3 Å². The van der Waals surface area contributed by atoms with Gasteiger partial charge in [-0.25, -0.2) is 14.2 Å². The van der Waals surface area contributed by atoms with Crippen molar-refractivity contribution in [3.05, 3.63) is 132 Å². The first-order valence-electron chi connectivity index (χ1n) is 12.1. The van der Waals surface area contributed by atoms with Crippen LogP contribution in [-0.4, -0.2) is 17.6 Å². The third-order valence-electron chi connectivity index (χ3n) is 6.27. The first-order chi connectivity index (χ1) is 18.5. The fourth-order valence-corrected chi connectivity index (χ4v) is 5.46. The number of nitrogens with zero attached hydrogens (tertiary/aromatic N) is 2. The van der Waals surface area contributed by atoms with Gasteiger partial charge in [0, 0.05) is 5.56 Å². The fraction of sp³-hybridized carbons (Fsp3) is 0.167. The molecule has 0 radical (unpaired) electrons. The lowest BCUT2D eigenvalue weighted by Crippen LogP contribution is -2.40. The molecule has 5 rings (SSSR count). The number of allylic oxidation sites excluding steroid dienone is 1. The number of benzene rings is 3. The number of halogens is 1. The number of ether oxygens (including phenoxy) is 2. The summed E-state index contributed by atoms with van der Waals surface area (Å²) in [5.74, 6) is -0.276. The van der Waals surface area contributed by atoms with Crippen molar-refractivity contribution in [3.8, 4) is 5.75 Å². The van der Waals surface area contributed by atoms with Gasteiger partial charge in [-0.15, -0.1) is 0 Å². The lowest BCUT2D eigenvalue weighted by Gasteiger charge is -2.25. The molecule has 1 aliphatic rings. The summed E-state index contributed by atoms with van der Waals surface area (Å²) in [6.07, 6.45) is 2.29. The van der Waals surface area contributed by atoms with Crippen LogP contribution in [0.15, 0.2) is 99.9 Å². The zero-order valence-corrected chi connectivity index (χ0v) is 21.7. The highest BCUT2D eigenvalue weighted by molar-refractivity contribution is 7.07. The van der Waals surface area contributed by atoms with Crippen LogP contribution in [0.1, 0.15) is 36.1 Å². The first kappa shape index (κ1) is 25.4. The van der Waals surface area contributed by atoms with E-state index in [-0.39, 0.29) is 18.0 Å². The number of rotatable bonds is 7. The van der Waals surface area contributed by atoms with Crippen LogP contribution >= 0.6 is 11.3 Å². The van der Waals surface area contributed by atoms with Gasteiger partial charge >= 0.3 is 5.97 Å². The van der Waals surface area contributed by atoms with E-state index in [9.17, 15) is 14.0 Å². The third kappa shape index (κ3) is 4.95. The van der Waals surface area contributed by atoms with Crippen molar-refractivity contribution in [2.75, 3.05) is 7.11 Å². The van der Waals surface area contributed by atoms with Crippen molar-refractivity contribution < 1.29 is 18.7 Å². The Balaban J connectivity index is 1.56. The van der Waals surface area contributed by atoms with Crippen molar-refractivity contribution in [1.82, 2.24) is 4.57 Å². The van der Waals surface area contributed by atoms with Crippen molar-refractivity contribution in [3.63, 3.8) is 0 Å². The molecule has 0 saturated heterocycles. The average molecular weight is 529 g/mol. The molecule has 0 aliphatic carbocycles. The molecule has 0 N–H and O–H groups in total. The van der Waals surface area contributed by atoms with E-state index in [1.165, 1.54) is 24.5 Å². The highest BCUT2D eigenvalue weighted by Crippen LogP contribution is 2.31. The Labute approximate surface area is 222 Å². The SMILES string of the molecule is CCC1=C(C(=O)OC)[C@@H](c2ccccc2)n2c(s/c(=C/c3cccc(OCc4ccccc4F)c3)c2=O)=N1. The number of carbonyl (C=O) groups is 1. The van der Waals surface area contributed by atoms with E-state index in [4.69, 9.17) is 9.47 Å². The smallest absolute Gasteiger partial charge is 0.338 e. The minimum atomic E-state index is -0.646. The molecule has 4 aromatic rings. The molecule has 0 saturated carbocycles. The van der Waals surface area contributed by atoms with Crippen molar-refractivity contribution >= 4 is 23.4 Å². The van der Waals surface area contributed by atoms with Gasteiger partial charge in [-0.1, -0.05) is 78.9 Å². The van der Waals surface area contributed by atoms with E-state index in [1.807, 2.05) is 49.4 Å². The predicted octanol–water partition coefficient (Wildman–Crippen LogP) is 4.52. The second-order valence-corrected chi connectivity index (χ2v) is 9.66. The number of aromatic nitrogens is 1. The predicted molar refractivity (Wildman–Crippen MR) is 144 cm³/mol. The number of hydrogen-bond acceptors (Lipinski definition) is 6. The summed E-state index contributed by atoms with van der Waals surface area (Å²) in [5.41, 5.74) is 2.72. The maximum Gasteiger partial charge on any atom is 0.338 e. The first-order valence-corrected chi connectivity index (χ1v) is 13.0. The summed E-state index contributed by atoms with van der Waals surface area (Å²) >= 11 is 1.27. The standard InChI is InChI=1S/C30H25FN2O4S/c1-3-24-26(29(35)36-2)27(20-11-5-4-6-12-20)33-28(34)25(38-30(33)32-24)17-19-10-9-14-22(16-19)37-18-21-13-7-8-15-23(21)31/h4-17,27H,3,18H2,1-2H3/b25-17+/t27-/m1/s1. The second-order valence-electron chi connectivity index (χ2n) is 8.65. The molecule has 6 nitrogen and oxygen atoms in total. The average Bonchev–Trinajstić information content (AvgIpc) is 3.26. The molecule has 1 atom stereocenters. The number of carbonyl (C=O) groups excluding carboxylic acids is 1. The van der Waals surface area contributed by atoms with Gasteiger partial charge in [-0.05, 0) is 41.8 Å². The Morgan fingerprint density at radius 3 is 2.58 bits per heavy atom. The molecule has 0 bridgehead atoms. The van der Waals surface area contributed by atoms with Gasteiger partial charge in [0.1, 0.15) is 18.2 Å². The minimum absolute atomic E-state index is 0.0888. The van der Waals surface area contributed by atoms with Crippen LogP contribution in [0.25, 0.3) is 6.08 Å². The van der Waals surface area contributed by atoms with Crippen LogP contribution in [0.4, 0.5) is 4.39 Å². The van der Waals surface area contributed by atoms with Gasteiger partial charge < -0.3 is 9.47 Å². The van der Waals surface area contributed by atoms with E-state index in [1.54, 1.807) is 41.0 Å². The van der Waals surface area contributed by atoms with Crippen LogP contribution in [0.5, 0.6) is 5.75 Å². The van der Waals surface area contributed by atoms with Gasteiger partial charge in [0.2, 0.25) is 0 Å². The van der Waals surface area contributed by atoms with E-state index < -0.39 is 12.0 Å². The highest BCUT2D eigenvalue weighted by Gasteiger charge is 2.33. The molecule has 1 aliphatic heterocycles. The van der Waals surface area contributed by atoms with E-state index in [0.717, 1.165) is 11.1 Å². The van der Waals surface area contributed by atoms with E-state index >= 15 is 0 Å². The van der Waals surface area contributed by atoms with Crippen molar-refractivity contribution in [1.29, 1.82) is 0 Å². The van der Waals surface area contributed by atoms with Crippen molar-refractivity contribution in [2.45, 2.75) is 26.0 Å². The molecular formula is C30H25FN2O4S. The monoisotopic (exact) mass is 528 g/mol. The summed E-state index contributed by atoms with van der Waals surface area (Å²) in [4.78, 5) is 31.8. The Morgan fingerprint density at radius 2 is 1.84 bits per heavy atom. The Hall–Kier alpha value is -4.30. The summed E-state index contributed by atoms with van der Waals surface area (Å²) in [7, 11) is 1.33. The highest BCUT2D eigenvalue weighted by atomic mass is 32.1. The molecule has 3 aromatic carbocycles. The molecule has 8 heteroatoms. The number of esters is 1. The molecule has 1 aromatic heterocycles. The minimum Gasteiger partial charge on any atom is -0.489 e. The largest absolute Gasteiger partial charge is 0.489 e. The third-order valence-corrected chi connectivity index (χ3v) is 7.26. The van der Waals surface area contributed by atoms with Gasteiger partial charge in [0.15, 0.2) is 4.80 Å². The molecular weight excluding hydrogens is 503 g/mol. The Morgan fingerprint density at radius 1 is 1.08 bits per heavy atom.